The quantitative estimate of drug-likeness (QED) is 0.787. The van der Waals surface area contributed by atoms with E-state index in [4.69, 9.17) is 4.74 Å². The van der Waals surface area contributed by atoms with E-state index in [0.29, 0.717) is 43.0 Å². The number of nitrogens with zero attached hydrogens (tertiary/aromatic N) is 1. The third-order valence-electron chi connectivity index (χ3n) is 6.36. The first kappa shape index (κ1) is 19.5. The van der Waals surface area contributed by atoms with Crippen molar-refractivity contribution >= 4 is 11.8 Å². The summed E-state index contributed by atoms with van der Waals surface area (Å²) in [6.45, 7) is 3.53. The van der Waals surface area contributed by atoms with Gasteiger partial charge in [-0.15, -0.1) is 0 Å². The van der Waals surface area contributed by atoms with E-state index in [1.807, 2.05) is 48.5 Å². The van der Waals surface area contributed by atoms with Gasteiger partial charge in [0, 0.05) is 25.6 Å². The molecule has 152 valence electrons. The first-order valence-electron chi connectivity index (χ1n) is 10.4. The number of para-hydroxylation sites is 1. The molecule has 1 saturated carbocycles. The van der Waals surface area contributed by atoms with Gasteiger partial charge in [-0.3, -0.25) is 9.59 Å². The van der Waals surface area contributed by atoms with Crippen molar-refractivity contribution in [3.05, 3.63) is 66.2 Å². The molecule has 0 aromatic heterocycles. The minimum Gasteiger partial charge on any atom is -0.484 e. The lowest BCUT2D eigenvalue weighted by atomic mass is 9.88. The van der Waals surface area contributed by atoms with E-state index in [2.05, 4.69) is 29.3 Å². The molecule has 4 atom stereocenters. The molecular formula is C24H28N2O3. The average Bonchev–Trinajstić information content (AvgIpc) is 3.20. The Hall–Kier alpha value is -2.82. The minimum atomic E-state index is -0.116. The smallest absolute Gasteiger partial charge is 0.257 e. The molecule has 29 heavy (non-hydrogen) atoms. The van der Waals surface area contributed by atoms with Gasteiger partial charge in [-0.05, 0) is 41.9 Å². The van der Waals surface area contributed by atoms with E-state index >= 15 is 0 Å². The molecule has 2 aliphatic rings. The number of likely N-dealkylation sites (tertiary alicyclic amines) is 1. The summed E-state index contributed by atoms with van der Waals surface area (Å²) in [4.78, 5) is 26.9. The predicted molar refractivity (Wildman–Crippen MR) is 111 cm³/mol. The summed E-state index contributed by atoms with van der Waals surface area (Å²) in [6, 6.07) is 19.8. The second-order valence-electron chi connectivity index (χ2n) is 8.23. The molecule has 0 spiro atoms. The van der Waals surface area contributed by atoms with Gasteiger partial charge < -0.3 is 15.0 Å². The Balaban J connectivity index is 1.31. The second kappa shape index (κ2) is 8.68. The van der Waals surface area contributed by atoms with Crippen LogP contribution >= 0.6 is 0 Å². The van der Waals surface area contributed by atoms with Crippen LogP contribution < -0.4 is 10.1 Å². The molecular weight excluding hydrogens is 364 g/mol. The van der Waals surface area contributed by atoms with Crippen molar-refractivity contribution in [1.29, 1.82) is 0 Å². The fraction of sp³-hybridized carbons (Fsp3) is 0.417. The maximum atomic E-state index is 12.7. The maximum Gasteiger partial charge on any atom is 0.257 e. The number of hydrogen-bond acceptors (Lipinski definition) is 3. The lowest BCUT2D eigenvalue weighted by molar-refractivity contribution is -0.129. The van der Waals surface area contributed by atoms with Gasteiger partial charge in [-0.25, -0.2) is 0 Å². The summed E-state index contributed by atoms with van der Waals surface area (Å²) in [6.07, 6.45) is 1.59. The first-order chi connectivity index (χ1) is 14.1. The Morgan fingerprint density at radius 2 is 1.79 bits per heavy atom. The van der Waals surface area contributed by atoms with Crippen LogP contribution in [0.25, 0.3) is 0 Å². The highest BCUT2D eigenvalue weighted by Gasteiger charge is 2.50. The zero-order valence-corrected chi connectivity index (χ0v) is 16.8. The van der Waals surface area contributed by atoms with Crippen molar-refractivity contribution in [2.75, 3.05) is 13.2 Å². The number of rotatable bonds is 7. The molecule has 5 heteroatoms. The number of benzene rings is 2. The van der Waals surface area contributed by atoms with E-state index < -0.39 is 0 Å². The van der Waals surface area contributed by atoms with Gasteiger partial charge in [0.1, 0.15) is 5.75 Å². The molecule has 0 unspecified atom stereocenters. The van der Waals surface area contributed by atoms with E-state index in [9.17, 15) is 9.59 Å². The Bertz CT molecular complexity index is 840. The number of carbonyl (C=O) groups excluding carboxylic acids is 2. The molecule has 0 bridgehead atoms. The lowest BCUT2D eigenvalue weighted by Crippen LogP contribution is -2.36. The van der Waals surface area contributed by atoms with E-state index in [1.165, 1.54) is 5.56 Å². The molecule has 2 amide bonds. The maximum absolute atomic E-state index is 12.7. The van der Waals surface area contributed by atoms with Gasteiger partial charge in [0.05, 0.1) is 0 Å². The summed E-state index contributed by atoms with van der Waals surface area (Å²) in [5, 5.41) is 3.02. The van der Waals surface area contributed by atoms with Crippen molar-refractivity contribution in [3.63, 3.8) is 0 Å². The van der Waals surface area contributed by atoms with Gasteiger partial charge in [-0.2, -0.15) is 0 Å². The van der Waals surface area contributed by atoms with Crippen molar-refractivity contribution in [2.24, 2.45) is 17.8 Å². The fourth-order valence-corrected chi connectivity index (χ4v) is 4.87. The summed E-state index contributed by atoms with van der Waals surface area (Å²) < 4.78 is 5.52. The van der Waals surface area contributed by atoms with E-state index in [-0.39, 0.29) is 24.5 Å². The SMILES string of the molecule is C[C@H]1C[C@@H]2[C@@H](CC(=O)N2Cc2ccccc2)[C@@H]1CNC(=O)COc1ccccc1. The zero-order valence-electron chi connectivity index (χ0n) is 16.8. The molecule has 1 heterocycles. The van der Waals surface area contributed by atoms with Crippen molar-refractivity contribution in [3.8, 4) is 5.75 Å². The highest BCUT2D eigenvalue weighted by Crippen LogP contribution is 2.46. The average molecular weight is 392 g/mol. The number of fused-ring (bicyclic) bond motifs is 1. The third-order valence-corrected chi connectivity index (χ3v) is 6.36. The normalized spacial score (nSPS) is 25.7. The zero-order chi connectivity index (χ0) is 20.2. The molecule has 1 aliphatic heterocycles. The van der Waals surface area contributed by atoms with Crippen LogP contribution in [0.3, 0.4) is 0 Å². The Morgan fingerprint density at radius 1 is 1.10 bits per heavy atom. The van der Waals surface area contributed by atoms with E-state index in [1.54, 1.807) is 0 Å². The molecule has 5 nitrogen and oxygen atoms in total. The Kier molecular flexibility index (Phi) is 5.84. The van der Waals surface area contributed by atoms with Crippen LogP contribution in [-0.2, 0) is 16.1 Å². The largest absolute Gasteiger partial charge is 0.484 e. The molecule has 1 saturated heterocycles. The number of hydrogen-bond donors (Lipinski definition) is 1. The summed E-state index contributed by atoms with van der Waals surface area (Å²) in [5.41, 5.74) is 1.17. The standard InChI is InChI=1S/C24H28N2O3/c1-17-12-22-20(13-24(28)26(22)15-18-8-4-2-5-9-18)21(17)14-25-23(27)16-29-19-10-6-3-7-11-19/h2-11,17,20-22H,12-16H2,1H3,(H,25,27)/t17-,20-,21+,22+/m0/s1. The molecule has 2 aromatic carbocycles. The monoisotopic (exact) mass is 392 g/mol. The number of carbonyl (C=O) groups is 2. The van der Waals surface area contributed by atoms with Crippen molar-refractivity contribution < 1.29 is 14.3 Å². The summed E-state index contributed by atoms with van der Waals surface area (Å²) >= 11 is 0. The number of amides is 2. The minimum absolute atomic E-state index is 0.0122. The second-order valence-corrected chi connectivity index (χ2v) is 8.23. The summed E-state index contributed by atoms with van der Waals surface area (Å²) in [5.74, 6) is 1.93. The van der Waals surface area contributed by atoms with Crippen LogP contribution in [0.2, 0.25) is 0 Å². The molecule has 0 radical (unpaired) electrons. The van der Waals surface area contributed by atoms with Crippen LogP contribution in [0.5, 0.6) is 5.75 Å². The fourth-order valence-electron chi connectivity index (χ4n) is 4.87. The molecule has 4 rings (SSSR count). The van der Waals surface area contributed by atoms with Gasteiger partial charge in [0.25, 0.3) is 5.91 Å². The first-order valence-corrected chi connectivity index (χ1v) is 10.4. The highest BCUT2D eigenvalue weighted by molar-refractivity contribution is 5.80. The van der Waals surface area contributed by atoms with Crippen molar-refractivity contribution in [1.82, 2.24) is 10.2 Å². The third kappa shape index (κ3) is 4.44. The van der Waals surface area contributed by atoms with E-state index in [0.717, 1.165) is 6.42 Å². The van der Waals surface area contributed by atoms with Gasteiger partial charge >= 0.3 is 0 Å². The molecule has 1 N–H and O–H groups in total. The van der Waals surface area contributed by atoms with Crippen LogP contribution in [0.15, 0.2) is 60.7 Å². The molecule has 2 fully saturated rings. The van der Waals surface area contributed by atoms with Crippen LogP contribution in [0, 0.1) is 17.8 Å². The molecule has 2 aromatic rings. The van der Waals surface area contributed by atoms with Crippen LogP contribution in [0.4, 0.5) is 0 Å². The topological polar surface area (TPSA) is 58.6 Å². The van der Waals surface area contributed by atoms with Crippen molar-refractivity contribution in [2.45, 2.75) is 32.4 Å². The Labute approximate surface area is 172 Å². The number of ether oxygens (including phenoxy) is 1. The lowest BCUT2D eigenvalue weighted by Gasteiger charge is -2.24. The molecule has 1 aliphatic carbocycles. The van der Waals surface area contributed by atoms with Gasteiger partial charge in [0.15, 0.2) is 6.61 Å². The van der Waals surface area contributed by atoms with Gasteiger partial charge in [-0.1, -0.05) is 55.5 Å². The Morgan fingerprint density at radius 3 is 2.52 bits per heavy atom. The van der Waals surface area contributed by atoms with Crippen LogP contribution in [-0.4, -0.2) is 35.9 Å². The summed E-state index contributed by atoms with van der Waals surface area (Å²) in [7, 11) is 0. The number of nitrogens with one attached hydrogen (secondary N) is 1. The van der Waals surface area contributed by atoms with Crippen LogP contribution in [0.1, 0.15) is 25.3 Å². The highest BCUT2D eigenvalue weighted by atomic mass is 16.5. The van der Waals surface area contributed by atoms with Gasteiger partial charge in [0.2, 0.25) is 5.91 Å². The predicted octanol–water partition coefficient (Wildman–Crippen LogP) is 3.25.